The van der Waals surface area contributed by atoms with Crippen molar-refractivity contribution in [2.45, 2.75) is 25.0 Å². The molecule has 4 aromatic rings. The molecule has 0 radical (unpaired) electrons. The third-order valence-corrected chi connectivity index (χ3v) is 7.99. The Kier molecular flexibility index (Phi) is 8.84. The van der Waals surface area contributed by atoms with Crippen LogP contribution in [-0.4, -0.2) is 74.9 Å². The van der Waals surface area contributed by atoms with E-state index < -0.39 is 0 Å². The van der Waals surface area contributed by atoms with Crippen molar-refractivity contribution >= 4 is 29.7 Å². The number of hydrogen-bond donors (Lipinski definition) is 0. The van der Waals surface area contributed by atoms with Crippen LogP contribution in [0.25, 0.3) is 23.2 Å². The molecule has 1 saturated heterocycles. The van der Waals surface area contributed by atoms with Gasteiger partial charge >= 0.3 is 0 Å². The Hall–Kier alpha value is -4.37. The van der Waals surface area contributed by atoms with E-state index in [-0.39, 0.29) is 23.6 Å². The number of benzene rings is 3. The van der Waals surface area contributed by atoms with E-state index in [9.17, 15) is 9.59 Å². The van der Waals surface area contributed by atoms with Crippen molar-refractivity contribution in [3.05, 3.63) is 96.1 Å². The van der Waals surface area contributed by atoms with Crippen LogP contribution in [-0.2, 0) is 9.59 Å². The summed E-state index contributed by atoms with van der Waals surface area (Å²) in [6.45, 7) is 5.51. The largest absolute Gasteiger partial charge is 0.497 e. The minimum Gasteiger partial charge on any atom is -0.497 e. The average Bonchev–Trinajstić information content (AvgIpc) is 3.43. The zero-order valence-electron chi connectivity index (χ0n) is 23.4. The number of ether oxygens (including phenoxy) is 1. The van der Waals surface area contributed by atoms with Crippen molar-refractivity contribution in [3.8, 4) is 22.8 Å². The molecule has 8 nitrogen and oxygen atoms in total. The molecular weight excluding hydrogens is 534 g/mol. The third-order valence-electron chi connectivity index (χ3n) is 7.08. The molecule has 0 bridgehead atoms. The highest BCUT2D eigenvalue weighted by molar-refractivity contribution is 7.99. The summed E-state index contributed by atoms with van der Waals surface area (Å²) in [6, 6.07) is 25.5. The van der Waals surface area contributed by atoms with Gasteiger partial charge in [0, 0.05) is 43.0 Å². The fourth-order valence-electron chi connectivity index (χ4n) is 4.77. The number of aromatic nitrogens is 3. The lowest BCUT2D eigenvalue weighted by atomic mass is 10.1. The van der Waals surface area contributed by atoms with E-state index in [2.05, 4.69) is 10.2 Å². The molecule has 0 N–H and O–H groups in total. The molecule has 1 aliphatic rings. The summed E-state index contributed by atoms with van der Waals surface area (Å²) in [5.74, 6) is 1.64. The SMILES string of the molecule is COc1ccc(-n2c(SCC(=O)N3CCN(C(=O)/C=C/c4ccccc4)C(C)C3)nnc2-c2ccc(C)cc2)cc1. The maximum atomic E-state index is 13.3. The van der Waals surface area contributed by atoms with Crippen molar-refractivity contribution in [2.24, 2.45) is 0 Å². The lowest BCUT2D eigenvalue weighted by Crippen LogP contribution is -2.55. The lowest BCUT2D eigenvalue weighted by Gasteiger charge is -2.39. The van der Waals surface area contributed by atoms with Crippen LogP contribution in [0, 0.1) is 6.92 Å². The minimum absolute atomic E-state index is 0.00921. The Morgan fingerprint density at radius 2 is 1.71 bits per heavy atom. The minimum atomic E-state index is -0.0817. The highest BCUT2D eigenvalue weighted by Crippen LogP contribution is 2.29. The third kappa shape index (κ3) is 6.69. The normalized spacial score (nSPS) is 15.3. The number of thioether (sulfide) groups is 1. The van der Waals surface area contributed by atoms with Gasteiger partial charge in [-0.25, -0.2) is 0 Å². The molecule has 0 spiro atoms. The summed E-state index contributed by atoms with van der Waals surface area (Å²) in [5.41, 5.74) is 3.96. The molecule has 5 rings (SSSR count). The van der Waals surface area contributed by atoms with Crippen molar-refractivity contribution in [3.63, 3.8) is 0 Å². The maximum absolute atomic E-state index is 13.3. The fraction of sp³-hybridized carbons (Fsp3) is 0.250. The zero-order valence-corrected chi connectivity index (χ0v) is 24.3. The summed E-state index contributed by atoms with van der Waals surface area (Å²) < 4.78 is 7.30. The van der Waals surface area contributed by atoms with E-state index in [1.54, 1.807) is 13.2 Å². The van der Waals surface area contributed by atoms with Crippen LogP contribution in [0.5, 0.6) is 5.75 Å². The van der Waals surface area contributed by atoms with Gasteiger partial charge in [0.1, 0.15) is 5.75 Å². The number of methoxy groups -OCH3 is 1. The number of hydrogen-bond acceptors (Lipinski definition) is 6. The van der Waals surface area contributed by atoms with Crippen molar-refractivity contribution in [1.82, 2.24) is 24.6 Å². The molecule has 0 aliphatic carbocycles. The topological polar surface area (TPSA) is 80.6 Å². The number of amides is 2. The predicted octanol–water partition coefficient (Wildman–Crippen LogP) is 5.12. The van der Waals surface area contributed by atoms with Crippen LogP contribution in [0.15, 0.2) is 90.1 Å². The summed E-state index contributed by atoms with van der Waals surface area (Å²) >= 11 is 1.36. The highest BCUT2D eigenvalue weighted by Gasteiger charge is 2.29. The zero-order chi connectivity index (χ0) is 28.8. The van der Waals surface area contributed by atoms with Crippen molar-refractivity contribution in [1.29, 1.82) is 0 Å². The number of aryl methyl sites for hydroxylation is 1. The van der Waals surface area contributed by atoms with Crippen LogP contribution in [0.4, 0.5) is 0 Å². The second-order valence-electron chi connectivity index (χ2n) is 9.96. The number of carbonyl (C=O) groups excluding carboxylic acids is 2. The van der Waals surface area contributed by atoms with E-state index in [0.717, 1.165) is 28.1 Å². The number of nitrogens with zero attached hydrogens (tertiary/aromatic N) is 5. The van der Waals surface area contributed by atoms with Crippen molar-refractivity contribution < 1.29 is 14.3 Å². The summed E-state index contributed by atoms with van der Waals surface area (Å²) in [7, 11) is 1.64. The summed E-state index contributed by atoms with van der Waals surface area (Å²) in [6.07, 6.45) is 3.43. The Morgan fingerprint density at radius 1 is 0.976 bits per heavy atom. The van der Waals surface area contributed by atoms with Crippen LogP contribution in [0.1, 0.15) is 18.1 Å². The van der Waals surface area contributed by atoms with Gasteiger partial charge in [0.05, 0.1) is 12.9 Å². The van der Waals surface area contributed by atoms with Gasteiger partial charge in [-0.1, -0.05) is 71.9 Å². The Balaban J connectivity index is 1.26. The molecule has 3 aromatic carbocycles. The van der Waals surface area contributed by atoms with E-state index >= 15 is 0 Å². The lowest BCUT2D eigenvalue weighted by molar-refractivity contribution is -0.138. The molecule has 1 aliphatic heterocycles. The van der Waals surface area contributed by atoms with Crippen LogP contribution >= 0.6 is 11.8 Å². The van der Waals surface area contributed by atoms with Gasteiger partial charge in [-0.15, -0.1) is 10.2 Å². The first-order chi connectivity index (χ1) is 19.9. The second kappa shape index (κ2) is 12.9. The van der Waals surface area contributed by atoms with Crippen LogP contribution < -0.4 is 4.74 Å². The molecule has 1 unspecified atom stereocenters. The van der Waals surface area contributed by atoms with Gasteiger partial charge < -0.3 is 14.5 Å². The fourth-order valence-corrected chi connectivity index (χ4v) is 5.63. The van der Waals surface area contributed by atoms with Gasteiger partial charge in [-0.3, -0.25) is 14.2 Å². The van der Waals surface area contributed by atoms with Gasteiger partial charge in [-0.05, 0) is 49.8 Å². The Bertz CT molecular complexity index is 1520. The van der Waals surface area contributed by atoms with E-state index in [4.69, 9.17) is 4.74 Å². The number of carbonyl (C=O) groups is 2. The maximum Gasteiger partial charge on any atom is 0.246 e. The van der Waals surface area contributed by atoms with Gasteiger partial charge in [-0.2, -0.15) is 0 Å². The second-order valence-corrected chi connectivity index (χ2v) is 10.9. The van der Waals surface area contributed by atoms with Gasteiger partial charge in [0.15, 0.2) is 11.0 Å². The highest BCUT2D eigenvalue weighted by atomic mass is 32.2. The van der Waals surface area contributed by atoms with Gasteiger partial charge in [0.25, 0.3) is 0 Å². The van der Waals surface area contributed by atoms with E-state index in [1.807, 2.05) is 113 Å². The standard InChI is InChI=1S/C32H33N5O3S/c1-23-9-12-26(13-10-23)31-33-34-32(37(31)27-14-16-28(40-3)17-15-27)41-22-30(39)35-19-20-36(24(2)21-35)29(38)18-11-25-7-5-4-6-8-25/h4-18,24H,19-22H2,1-3H3/b18-11+. The molecule has 210 valence electrons. The Morgan fingerprint density at radius 3 is 2.39 bits per heavy atom. The summed E-state index contributed by atoms with van der Waals surface area (Å²) in [4.78, 5) is 29.7. The quantitative estimate of drug-likeness (QED) is 0.217. The summed E-state index contributed by atoms with van der Waals surface area (Å²) in [5, 5.41) is 9.58. The molecule has 1 aromatic heterocycles. The van der Waals surface area contributed by atoms with E-state index in [1.165, 1.54) is 11.8 Å². The molecule has 1 atom stereocenters. The molecular formula is C32H33N5O3S. The average molecular weight is 568 g/mol. The predicted molar refractivity (Wildman–Crippen MR) is 162 cm³/mol. The molecule has 9 heteroatoms. The molecule has 2 amide bonds. The first-order valence-electron chi connectivity index (χ1n) is 13.5. The van der Waals surface area contributed by atoms with Crippen molar-refractivity contribution in [2.75, 3.05) is 32.5 Å². The number of rotatable bonds is 8. The molecule has 2 heterocycles. The van der Waals surface area contributed by atoms with E-state index in [0.29, 0.717) is 30.6 Å². The van der Waals surface area contributed by atoms with Gasteiger partial charge in [0.2, 0.25) is 11.8 Å². The van der Waals surface area contributed by atoms with Crippen LogP contribution in [0.3, 0.4) is 0 Å². The first-order valence-corrected chi connectivity index (χ1v) is 14.5. The number of piperazine rings is 1. The Labute approximate surface area is 244 Å². The smallest absolute Gasteiger partial charge is 0.246 e. The molecule has 1 fully saturated rings. The molecule has 41 heavy (non-hydrogen) atoms. The molecule has 0 saturated carbocycles. The van der Waals surface area contributed by atoms with Crippen LogP contribution in [0.2, 0.25) is 0 Å². The monoisotopic (exact) mass is 567 g/mol. The first kappa shape index (κ1) is 28.2.